The van der Waals surface area contributed by atoms with E-state index in [1.165, 1.54) is 6.07 Å². The zero-order chi connectivity index (χ0) is 19.3. The number of hydrogen-bond acceptors (Lipinski definition) is 4. The van der Waals surface area contributed by atoms with Crippen molar-refractivity contribution in [1.82, 2.24) is 10.3 Å². The molecular weight excluding hydrogens is 362 g/mol. The van der Waals surface area contributed by atoms with E-state index in [4.69, 9.17) is 0 Å². The fraction of sp³-hybridized carbons (Fsp3) is 0.100. The molecule has 3 aromatic rings. The summed E-state index contributed by atoms with van der Waals surface area (Å²) in [5.74, 6) is -0.296. The molecule has 0 atom stereocenters. The summed E-state index contributed by atoms with van der Waals surface area (Å²) in [6.45, 7) is 2.23. The maximum absolute atomic E-state index is 12.5. The van der Waals surface area contributed by atoms with Crippen molar-refractivity contribution in [2.45, 2.75) is 18.4 Å². The third kappa shape index (κ3) is 4.92. The Morgan fingerprint density at radius 2 is 1.81 bits per heavy atom. The molecule has 1 heterocycles. The van der Waals surface area contributed by atoms with E-state index < -0.39 is 10.0 Å². The highest BCUT2D eigenvalue weighted by Crippen LogP contribution is 2.18. The lowest BCUT2D eigenvalue weighted by atomic mass is 10.2. The SMILES string of the molecule is Cc1ccc(S(=O)(=O)Nc2cccc(C(=O)NCc3cccnc3)c2)cc1. The molecule has 0 saturated heterocycles. The fourth-order valence-electron chi connectivity index (χ4n) is 2.44. The van der Waals surface area contributed by atoms with Gasteiger partial charge in [0.05, 0.1) is 4.90 Å². The number of carbonyl (C=O) groups excluding carboxylic acids is 1. The number of hydrogen-bond donors (Lipinski definition) is 2. The smallest absolute Gasteiger partial charge is 0.261 e. The molecule has 2 aromatic carbocycles. The predicted molar refractivity (Wildman–Crippen MR) is 104 cm³/mol. The van der Waals surface area contributed by atoms with E-state index in [1.807, 2.05) is 13.0 Å². The Labute approximate surface area is 158 Å². The van der Waals surface area contributed by atoms with Crippen LogP contribution in [0.5, 0.6) is 0 Å². The van der Waals surface area contributed by atoms with Gasteiger partial charge in [-0.3, -0.25) is 14.5 Å². The lowest BCUT2D eigenvalue weighted by Gasteiger charge is -2.10. The summed E-state index contributed by atoms with van der Waals surface area (Å²) in [5, 5.41) is 2.79. The zero-order valence-corrected chi connectivity index (χ0v) is 15.5. The molecule has 3 rings (SSSR count). The standard InChI is InChI=1S/C20H19N3O3S/c1-15-7-9-19(10-8-15)27(25,26)23-18-6-2-5-17(12-18)20(24)22-14-16-4-3-11-21-13-16/h2-13,23H,14H2,1H3,(H,22,24). The Morgan fingerprint density at radius 3 is 2.52 bits per heavy atom. The van der Waals surface area contributed by atoms with Gasteiger partial charge in [-0.15, -0.1) is 0 Å². The lowest BCUT2D eigenvalue weighted by Crippen LogP contribution is -2.23. The second kappa shape index (κ2) is 8.01. The molecule has 1 aromatic heterocycles. The van der Waals surface area contributed by atoms with Crippen LogP contribution in [0.3, 0.4) is 0 Å². The quantitative estimate of drug-likeness (QED) is 0.687. The maximum atomic E-state index is 12.5. The summed E-state index contributed by atoms with van der Waals surface area (Å²) < 4.78 is 27.5. The van der Waals surface area contributed by atoms with E-state index in [9.17, 15) is 13.2 Å². The Morgan fingerprint density at radius 1 is 1.04 bits per heavy atom. The summed E-state index contributed by atoms with van der Waals surface area (Å²) in [7, 11) is -3.72. The van der Waals surface area contributed by atoms with Gasteiger partial charge >= 0.3 is 0 Å². The molecule has 0 aliphatic heterocycles. The van der Waals surface area contributed by atoms with Crippen LogP contribution in [-0.4, -0.2) is 19.3 Å². The third-order valence-corrected chi connectivity index (χ3v) is 5.28. The van der Waals surface area contributed by atoms with Crippen molar-refractivity contribution in [3.63, 3.8) is 0 Å². The third-order valence-electron chi connectivity index (χ3n) is 3.88. The number of nitrogens with zero attached hydrogens (tertiary/aromatic N) is 1. The molecule has 0 saturated carbocycles. The zero-order valence-electron chi connectivity index (χ0n) is 14.7. The number of pyridine rings is 1. The molecule has 7 heteroatoms. The first-order valence-corrected chi connectivity index (χ1v) is 9.79. The fourth-order valence-corrected chi connectivity index (χ4v) is 3.49. The summed E-state index contributed by atoms with van der Waals surface area (Å²) in [6, 6.07) is 16.6. The largest absolute Gasteiger partial charge is 0.348 e. The van der Waals surface area contributed by atoms with Crippen molar-refractivity contribution < 1.29 is 13.2 Å². The van der Waals surface area contributed by atoms with Gasteiger partial charge in [-0.1, -0.05) is 29.8 Å². The molecule has 138 valence electrons. The van der Waals surface area contributed by atoms with E-state index >= 15 is 0 Å². The van der Waals surface area contributed by atoms with Crippen LogP contribution < -0.4 is 10.0 Å². The molecule has 0 aliphatic carbocycles. The molecule has 6 nitrogen and oxygen atoms in total. The minimum absolute atomic E-state index is 0.166. The second-order valence-corrected chi connectivity index (χ2v) is 7.73. The van der Waals surface area contributed by atoms with E-state index in [0.29, 0.717) is 17.8 Å². The van der Waals surface area contributed by atoms with Crippen molar-refractivity contribution in [3.8, 4) is 0 Å². The van der Waals surface area contributed by atoms with Crippen LogP contribution in [-0.2, 0) is 16.6 Å². The van der Waals surface area contributed by atoms with Crippen LogP contribution in [0.4, 0.5) is 5.69 Å². The molecular formula is C20H19N3O3S. The highest BCUT2D eigenvalue weighted by molar-refractivity contribution is 7.92. The molecule has 0 radical (unpaired) electrons. The summed E-state index contributed by atoms with van der Waals surface area (Å²) in [6.07, 6.45) is 3.33. The molecule has 1 amide bonds. The first-order chi connectivity index (χ1) is 12.9. The number of aryl methyl sites for hydroxylation is 1. The minimum atomic E-state index is -3.72. The molecule has 0 spiro atoms. The lowest BCUT2D eigenvalue weighted by molar-refractivity contribution is 0.0951. The van der Waals surface area contributed by atoms with Gasteiger partial charge in [0.25, 0.3) is 15.9 Å². The van der Waals surface area contributed by atoms with Gasteiger partial charge in [0.15, 0.2) is 0 Å². The van der Waals surface area contributed by atoms with Crippen molar-refractivity contribution in [2.24, 2.45) is 0 Å². The van der Waals surface area contributed by atoms with Crippen LogP contribution in [0.25, 0.3) is 0 Å². The van der Waals surface area contributed by atoms with E-state index in [-0.39, 0.29) is 10.8 Å². The highest BCUT2D eigenvalue weighted by atomic mass is 32.2. The molecule has 27 heavy (non-hydrogen) atoms. The van der Waals surface area contributed by atoms with Crippen LogP contribution in [0.1, 0.15) is 21.5 Å². The number of carbonyl (C=O) groups is 1. The predicted octanol–water partition coefficient (Wildman–Crippen LogP) is 3.12. The average Bonchev–Trinajstić information content (AvgIpc) is 2.67. The van der Waals surface area contributed by atoms with Crippen LogP contribution >= 0.6 is 0 Å². The van der Waals surface area contributed by atoms with Crippen LogP contribution in [0.2, 0.25) is 0 Å². The van der Waals surface area contributed by atoms with Crippen LogP contribution in [0.15, 0.2) is 78.0 Å². The van der Waals surface area contributed by atoms with Crippen LogP contribution in [0, 0.1) is 6.92 Å². The summed E-state index contributed by atoms with van der Waals surface area (Å²) in [5.41, 5.74) is 2.54. The van der Waals surface area contributed by atoms with Gasteiger partial charge in [0.1, 0.15) is 0 Å². The molecule has 0 bridgehead atoms. The van der Waals surface area contributed by atoms with Gasteiger partial charge < -0.3 is 5.32 Å². The number of nitrogens with one attached hydrogen (secondary N) is 2. The average molecular weight is 381 g/mol. The molecule has 0 unspecified atom stereocenters. The molecule has 0 fully saturated rings. The number of anilines is 1. The Balaban J connectivity index is 1.71. The minimum Gasteiger partial charge on any atom is -0.348 e. The second-order valence-electron chi connectivity index (χ2n) is 6.04. The van der Waals surface area contributed by atoms with E-state index in [2.05, 4.69) is 15.0 Å². The van der Waals surface area contributed by atoms with E-state index in [0.717, 1.165) is 11.1 Å². The van der Waals surface area contributed by atoms with Gasteiger partial charge in [-0.25, -0.2) is 8.42 Å². The Bertz CT molecular complexity index is 1030. The van der Waals surface area contributed by atoms with Gasteiger partial charge in [-0.05, 0) is 48.9 Å². The molecule has 2 N–H and O–H groups in total. The highest BCUT2D eigenvalue weighted by Gasteiger charge is 2.15. The monoisotopic (exact) mass is 381 g/mol. The van der Waals surface area contributed by atoms with Crippen molar-refractivity contribution >= 4 is 21.6 Å². The van der Waals surface area contributed by atoms with Gasteiger partial charge in [0, 0.05) is 30.2 Å². The van der Waals surface area contributed by atoms with Gasteiger partial charge in [-0.2, -0.15) is 0 Å². The van der Waals surface area contributed by atoms with Crippen molar-refractivity contribution in [3.05, 3.63) is 89.7 Å². The first-order valence-electron chi connectivity index (χ1n) is 8.31. The first kappa shape index (κ1) is 18.6. The summed E-state index contributed by atoms with van der Waals surface area (Å²) in [4.78, 5) is 16.5. The number of aromatic nitrogens is 1. The Kier molecular flexibility index (Phi) is 5.52. The maximum Gasteiger partial charge on any atom is 0.261 e. The Hall–Kier alpha value is -3.19. The topological polar surface area (TPSA) is 88.2 Å². The number of rotatable bonds is 6. The van der Waals surface area contributed by atoms with Crippen molar-refractivity contribution in [2.75, 3.05) is 4.72 Å². The normalized spacial score (nSPS) is 11.0. The van der Waals surface area contributed by atoms with E-state index in [1.54, 1.807) is 60.9 Å². The van der Waals surface area contributed by atoms with Gasteiger partial charge in [0.2, 0.25) is 0 Å². The number of benzene rings is 2. The van der Waals surface area contributed by atoms with Crippen molar-refractivity contribution in [1.29, 1.82) is 0 Å². The number of sulfonamides is 1. The number of amides is 1. The summed E-state index contributed by atoms with van der Waals surface area (Å²) >= 11 is 0. The molecule has 0 aliphatic rings.